The number of nitrogens with one attached hydrogen (secondary N) is 2. The Kier molecular flexibility index (Phi) is 3.08. The fourth-order valence-corrected chi connectivity index (χ4v) is 3.75. The highest BCUT2D eigenvalue weighted by molar-refractivity contribution is 7.89. The summed E-state index contributed by atoms with van der Waals surface area (Å²) in [4.78, 5) is 4.66. The predicted octanol–water partition coefficient (Wildman–Crippen LogP) is 0.368. The lowest BCUT2D eigenvalue weighted by atomic mass is 10.4. The summed E-state index contributed by atoms with van der Waals surface area (Å²) in [5.74, 6) is 5.43. The molecule has 0 aliphatic rings. The fraction of sp³-hybridized carbons (Fsp3) is 0.375. The van der Waals surface area contributed by atoms with Crippen molar-refractivity contribution in [2.24, 2.45) is 5.84 Å². The first-order valence-corrected chi connectivity index (χ1v) is 7.26. The second-order valence-electron chi connectivity index (χ2n) is 3.74. The number of rotatable bonds is 4. The molecule has 2 heterocycles. The minimum Gasteiger partial charge on any atom is -0.306 e. The number of nitrogen functional groups attached to an aromatic ring is 1. The van der Waals surface area contributed by atoms with E-state index in [0.717, 1.165) is 0 Å². The molecule has 0 radical (unpaired) electrons. The van der Waals surface area contributed by atoms with Crippen LogP contribution >= 0.6 is 11.3 Å². The largest absolute Gasteiger partial charge is 0.306 e. The molecule has 0 bridgehead atoms. The summed E-state index contributed by atoms with van der Waals surface area (Å²) < 4.78 is 28.3. The van der Waals surface area contributed by atoms with E-state index in [0.29, 0.717) is 4.96 Å². The smallest absolute Gasteiger partial charge is 0.260 e. The van der Waals surface area contributed by atoms with Crippen molar-refractivity contribution in [1.82, 2.24) is 14.1 Å². The molecular formula is C8H13N5O2S2. The number of anilines is 1. The Morgan fingerprint density at radius 3 is 2.82 bits per heavy atom. The van der Waals surface area contributed by atoms with E-state index in [2.05, 4.69) is 15.1 Å². The number of hydrogen-bond donors (Lipinski definition) is 3. The summed E-state index contributed by atoms with van der Waals surface area (Å²) in [7, 11) is -3.64. The first kappa shape index (κ1) is 12.3. The molecule has 0 aliphatic carbocycles. The third-order valence-corrected chi connectivity index (χ3v) is 4.44. The zero-order chi connectivity index (χ0) is 12.6. The number of aromatic nitrogens is 2. The minimum absolute atomic E-state index is 0.0324. The number of imidazole rings is 1. The number of fused-ring (bicyclic) bond motifs is 1. The van der Waals surface area contributed by atoms with Crippen LogP contribution in [0.1, 0.15) is 13.8 Å². The number of hydrazine groups is 1. The maximum Gasteiger partial charge on any atom is 0.260 e. The molecule has 0 saturated heterocycles. The molecule has 7 nitrogen and oxygen atoms in total. The third kappa shape index (κ3) is 2.14. The molecule has 0 spiro atoms. The Morgan fingerprint density at radius 1 is 1.53 bits per heavy atom. The Labute approximate surface area is 103 Å². The number of sulfonamides is 1. The SMILES string of the molecule is CC(C)NS(=O)(=O)c1c(NN)nc2sccn12. The maximum atomic E-state index is 12.1. The average Bonchev–Trinajstić information content (AvgIpc) is 2.72. The highest BCUT2D eigenvalue weighted by Crippen LogP contribution is 2.24. The third-order valence-electron chi connectivity index (χ3n) is 2.00. The van der Waals surface area contributed by atoms with Gasteiger partial charge in [-0.25, -0.2) is 19.0 Å². The van der Waals surface area contributed by atoms with E-state index >= 15 is 0 Å². The number of thiazole rings is 1. The van der Waals surface area contributed by atoms with Crippen LogP contribution in [-0.2, 0) is 10.0 Å². The average molecular weight is 275 g/mol. The van der Waals surface area contributed by atoms with Gasteiger partial charge in [0.15, 0.2) is 10.8 Å². The van der Waals surface area contributed by atoms with Crippen LogP contribution in [0.2, 0.25) is 0 Å². The van der Waals surface area contributed by atoms with Crippen molar-refractivity contribution >= 4 is 32.1 Å². The van der Waals surface area contributed by atoms with Crippen LogP contribution in [0, 0.1) is 0 Å². The molecule has 0 amide bonds. The van der Waals surface area contributed by atoms with Gasteiger partial charge in [0, 0.05) is 17.6 Å². The van der Waals surface area contributed by atoms with E-state index in [1.165, 1.54) is 15.7 Å². The molecule has 2 aromatic heterocycles. The van der Waals surface area contributed by atoms with E-state index in [1.807, 2.05) is 0 Å². The molecule has 0 unspecified atom stereocenters. The minimum atomic E-state index is -3.64. The van der Waals surface area contributed by atoms with Gasteiger partial charge in [-0.15, -0.1) is 11.3 Å². The van der Waals surface area contributed by atoms with Crippen molar-refractivity contribution in [2.45, 2.75) is 24.9 Å². The van der Waals surface area contributed by atoms with Gasteiger partial charge in [-0.1, -0.05) is 0 Å². The zero-order valence-corrected chi connectivity index (χ0v) is 11.0. The van der Waals surface area contributed by atoms with Crippen LogP contribution in [0.15, 0.2) is 16.6 Å². The summed E-state index contributed by atoms with van der Waals surface area (Å²) in [6.07, 6.45) is 1.64. The van der Waals surface area contributed by atoms with Crippen LogP contribution in [0.5, 0.6) is 0 Å². The van der Waals surface area contributed by atoms with Crippen LogP contribution in [0.3, 0.4) is 0 Å². The Hall–Kier alpha value is -1.16. The molecule has 0 saturated carbocycles. The quantitative estimate of drug-likeness (QED) is 0.552. The highest BCUT2D eigenvalue weighted by atomic mass is 32.2. The number of nitrogens with zero attached hydrogens (tertiary/aromatic N) is 2. The Morgan fingerprint density at radius 2 is 2.24 bits per heavy atom. The van der Waals surface area contributed by atoms with E-state index in [4.69, 9.17) is 5.84 Å². The Bertz CT molecular complexity index is 627. The van der Waals surface area contributed by atoms with Crippen LogP contribution in [-0.4, -0.2) is 23.8 Å². The van der Waals surface area contributed by atoms with Gasteiger partial charge in [0.1, 0.15) is 0 Å². The van der Waals surface area contributed by atoms with Crippen molar-refractivity contribution in [3.05, 3.63) is 11.6 Å². The molecule has 0 aromatic carbocycles. The van der Waals surface area contributed by atoms with Crippen LogP contribution in [0.4, 0.5) is 5.82 Å². The van der Waals surface area contributed by atoms with E-state index in [9.17, 15) is 8.42 Å². The van der Waals surface area contributed by atoms with Crippen LogP contribution < -0.4 is 16.0 Å². The van der Waals surface area contributed by atoms with Crippen molar-refractivity contribution in [1.29, 1.82) is 0 Å². The zero-order valence-electron chi connectivity index (χ0n) is 9.34. The molecule has 0 atom stereocenters. The lowest BCUT2D eigenvalue weighted by molar-refractivity contribution is 0.565. The van der Waals surface area contributed by atoms with Gasteiger partial charge in [-0.05, 0) is 13.8 Å². The first-order valence-electron chi connectivity index (χ1n) is 4.90. The molecule has 0 fully saturated rings. The molecule has 2 rings (SSSR count). The van der Waals surface area contributed by atoms with Crippen molar-refractivity contribution in [3.63, 3.8) is 0 Å². The standard InChI is InChI=1S/C8H13N5O2S2/c1-5(2)12-17(14,15)7-6(11-9)10-8-13(7)3-4-16-8/h3-5,11-12H,9H2,1-2H3. The van der Waals surface area contributed by atoms with Gasteiger partial charge in [0.2, 0.25) is 5.03 Å². The van der Waals surface area contributed by atoms with Gasteiger partial charge < -0.3 is 5.43 Å². The molecule has 94 valence electrons. The topological polar surface area (TPSA) is 102 Å². The van der Waals surface area contributed by atoms with E-state index in [1.54, 1.807) is 25.4 Å². The van der Waals surface area contributed by atoms with Gasteiger partial charge in [-0.3, -0.25) is 4.40 Å². The van der Waals surface area contributed by atoms with Gasteiger partial charge in [-0.2, -0.15) is 4.98 Å². The molecule has 0 aliphatic heterocycles. The normalized spacial score (nSPS) is 12.5. The summed E-state index contributed by atoms with van der Waals surface area (Å²) in [6.45, 7) is 3.50. The molecule has 17 heavy (non-hydrogen) atoms. The van der Waals surface area contributed by atoms with Crippen molar-refractivity contribution in [2.75, 3.05) is 5.43 Å². The lowest BCUT2D eigenvalue weighted by Crippen LogP contribution is -2.31. The van der Waals surface area contributed by atoms with E-state index < -0.39 is 10.0 Å². The summed E-state index contributed by atoms with van der Waals surface area (Å²) in [6, 6.07) is -0.199. The van der Waals surface area contributed by atoms with E-state index in [-0.39, 0.29) is 16.9 Å². The second-order valence-corrected chi connectivity index (χ2v) is 6.24. The summed E-state index contributed by atoms with van der Waals surface area (Å²) >= 11 is 1.34. The number of nitrogens with two attached hydrogens (primary N) is 1. The molecular weight excluding hydrogens is 262 g/mol. The van der Waals surface area contributed by atoms with Crippen molar-refractivity contribution < 1.29 is 8.42 Å². The predicted molar refractivity (Wildman–Crippen MR) is 66.3 cm³/mol. The van der Waals surface area contributed by atoms with Gasteiger partial charge in [0.05, 0.1) is 0 Å². The van der Waals surface area contributed by atoms with Crippen molar-refractivity contribution in [3.8, 4) is 0 Å². The molecule has 9 heteroatoms. The van der Waals surface area contributed by atoms with Gasteiger partial charge in [0.25, 0.3) is 10.0 Å². The highest BCUT2D eigenvalue weighted by Gasteiger charge is 2.26. The Balaban J connectivity index is 2.63. The fourth-order valence-electron chi connectivity index (χ4n) is 1.48. The maximum absolute atomic E-state index is 12.1. The summed E-state index contributed by atoms with van der Waals surface area (Å²) in [5.41, 5.74) is 2.31. The van der Waals surface area contributed by atoms with Gasteiger partial charge >= 0.3 is 0 Å². The lowest BCUT2D eigenvalue weighted by Gasteiger charge is -2.09. The molecule has 2 aromatic rings. The monoisotopic (exact) mass is 275 g/mol. The van der Waals surface area contributed by atoms with Crippen LogP contribution in [0.25, 0.3) is 4.96 Å². The summed E-state index contributed by atoms with van der Waals surface area (Å²) in [5, 5.41) is 1.79. The first-order chi connectivity index (χ1) is 7.95. The second kappa shape index (κ2) is 4.26. The molecule has 4 N–H and O–H groups in total. The number of hydrogen-bond acceptors (Lipinski definition) is 6.